The highest BCUT2D eigenvalue weighted by molar-refractivity contribution is 7.18. The van der Waals surface area contributed by atoms with Gasteiger partial charge in [0.05, 0.1) is 34.2 Å². The van der Waals surface area contributed by atoms with E-state index in [4.69, 9.17) is 22.1 Å². The third-order valence-corrected chi connectivity index (χ3v) is 5.52. The van der Waals surface area contributed by atoms with Crippen molar-refractivity contribution < 1.29 is 23.9 Å². The minimum Gasteiger partial charge on any atom is -0.462 e. The van der Waals surface area contributed by atoms with E-state index in [1.165, 1.54) is 19.2 Å². The summed E-state index contributed by atoms with van der Waals surface area (Å²) >= 11 is 6.97. The molecule has 1 aromatic heterocycles. The molecule has 2 rings (SSSR count). The lowest BCUT2D eigenvalue weighted by Gasteiger charge is -2.10. The lowest BCUT2D eigenvalue weighted by atomic mass is 10.1. The van der Waals surface area contributed by atoms with E-state index in [0.29, 0.717) is 16.1 Å². The molecule has 0 saturated heterocycles. The Kier molecular flexibility index (Phi) is 7.79. The maximum absolute atomic E-state index is 12.4. The maximum Gasteiger partial charge on any atom is 0.341 e. The van der Waals surface area contributed by atoms with Gasteiger partial charge in [-0.25, -0.2) is 4.79 Å². The van der Waals surface area contributed by atoms with Crippen molar-refractivity contribution >= 4 is 57.3 Å². The molecule has 0 aliphatic heterocycles. The van der Waals surface area contributed by atoms with Crippen molar-refractivity contribution in [3.05, 3.63) is 44.8 Å². The SMILES string of the molecule is CCOC(=O)c1c(NC(=O)CNc2ccc(C(N)=O)c(Cl)c2)sc(C(=O)NC)c1C. The van der Waals surface area contributed by atoms with E-state index in [0.717, 1.165) is 11.3 Å². The van der Waals surface area contributed by atoms with E-state index < -0.39 is 17.8 Å². The Morgan fingerprint density at radius 2 is 1.93 bits per heavy atom. The minimum absolute atomic E-state index is 0.141. The van der Waals surface area contributed by atoms with Gasteiger partial charge in [0.25, 0.3) is 5.91 Å². The van der Waals surface area contributed by atoms with Crippen LogP contribution in [-0.4, -0.2) is 43.9 Å². The summed E-state index contributed by atoms with van der Waals surface area (Å²) in [5.74, 6) is -2.11. The quantitative estimate of drug-likeness (QED) is 0.453. The summed E-state index contributed by atoms with van der Waals surface area (Å²) in [7, 11) is 1.47. The molecule has 3 amide bonds. The van der Waals surface area contributed by atoms with E-state index in [1.807, 2.05) is 0 Å². The molecule has 0 aliphatic carbocycles. The Morgan fingerprint density at radius 3 is 2.50 bits per heavy atom. The fourth-order valence-electron chi connectivity index (χ4n) is 2.56. The molecule has 11 heteroatoms. The Labute approximate surface area is 181 Å². The predicted molar refractivity (Wildman–Crippen MR) is 115 cm³/mol. The minimum atomic E-state index is -0.657. The Bertz CT molecular complexity index is 1010. The van der Waals surface area contributed by atoms with Gasteiger partial charge in [0, 0.05) is 12.7 Å². The van der Waals surface area contributed by atoms with Gasteiger partial charge in [-0.1, -0.05) is 11.6 Å². The van der Waals surface area contributed by atoms with Crippen molar-refractivity contribution in [1.29, 1.82) is 0 Å². The molecule has 5 N–H and O–H groups in total. The fraction of sp³-hybridized carbons (Fsp3) is 0.263. The molecular formula is C19H21ClN4O5S. The summed E-state index contributed by atoms with van der Waals surface area (Å²) in [5, 5.41) is 8.37. The maximum atomic E-state index is 12.4. The molecule has 0 unspecified atom stereocenters. The van der Waals surface area contributed by atoms with Gasteiger partial charge in [0.2, 0.25) is 11.8 Å². The van der Waals surface area contributed by atoms with Gasteiger partial charge in [0.1, 0.15) is 5.00 Å². The predicted octanol–water partition coefficient (Wildman–Crippen LogP) is 2.40. The topological polar surface area (TPSA) is 140 Å². The number of esters is 1. The van der Waals surface area contributed by atoms with Crippen molar-refractivity contribution in [2.75, 3.05) is 30.8 Å². The molecule has 2 aromatic rings. The van der Waals surface area contributed by atoms with Gasteiger partial charge in [-0.3, -0.25) is 14.4 Å². The van der Waals surface area contributed by atoms with Crippen LogP contribution in [0.15, 0.2) is 18.2 Å². The molecule has 0 saturated carbocycles. The zero-order valence-electron chi connectivity index (χ0n) is 16.6. The average Bonchev–Trinajstić information content (AvgIpc) is 3.01. The number of thiophene rings is 1. The van der Waals surface area contributed by atoms with Crippen molar-refractivity contribution in [1.82, 2.24) is 5.32 Å². The zero-order chi connectivity index (χ0) is 22.4. The largest absolute Gasteiger partial charge is 0.462 e. The first-order chi connectivity index (χ1) is 14.2. The normalized spacial score (nSPS) is 10.3. The van der Waals surface area contributed by atoms with Crippen molar-refractivity contribution in [2.24, 2.45) is 5.73 Å². The Hall–Kier alpha value is -3.11. The molecule has 0 spiro atoms. The van der Waals surface area contributed by atoms with Crippen LogP contribution in [0, 0.1) is 6.92 Å². The molecule has 30 heavy (non-hydrogen) atoms. The lowest BCUT2D eigenvalue weighted by Crippen LogP contribution is -2.22. The van der Waals surface area contributed by atoms with Crippen LogP contribution in [0.25, 0.3) is 0 Å². The number of rotatable bonds is 8. The van der Waals surface area contributed by atoms with Crippen LogP contribution in [-0.2, 0) is 9.53 Å². The number of hydrogen-bond acceptors (Lipinski definition) is 7. The number of halogens is 1. The number of hydrogen-bond donors (Lipinski definition) is 4. The summed E-state index contributed by atoms with van der Waals surface area (Å²) < 4.78 is 5.05. The Balaban J connectivity index is 2.17. The highest BCUT2D eigenvalue weighted by Crippen LogP contribution is 2.33. The van der Waals surface area contributed by atoms with Gasteiger partial charge in [-0.2, -0.15) is 0 Å². The molecule has 0 aliphatic rings. The first-order valence-corrected chi connectivity index (χ1v) is 10.0. The molecule has 9 nitrogen and oxygen atoms in total. The molecule has 0 radical (unpaired) electrons. The summed E-state index contributed by atoms with van der Waals surface area (Å²) in [6.07, 6.45) is 0. The summed E-state index contributed by atoms with van der Waals surface area (Å²) in [4.78, 5) is 48.3. The molecule has 0 atom stereocenters. The summed E-state index contributed by atoms with van der Waals surface area (Å²) in [5.41, 5.74) is 6.44. The van der Waals surface area contributed by atoms with Crippen LogP contribution >= 0.6 is 22.9 Å². The first kappa shape index (κ1) is 23.2. The number of anilines is 2. The molecule has 0 fully saturated rings. The number of carbonyl (C=O) groups excluding carboxylic acids is 4. The number of benzene rings is 1. The molecular weight excluding hydrogens is 432 g/mol. The summed E-state index contributed by atoms with van der Waals surface area (Å²) in [6.45, 7) is 3.28. The highest BCUT2D eigenvalue weighted by Gasteiger charge is 2.26. The smallest absolute Gasteiger partial charge is 0.341 e. The fourth-order valence-corrected chi connectivity index (χ4v) is 3.99. The third-order valence-electron chi connectivity index (χ3n) is 4.00. The van der Waals surface area contributed by atoms with Crippen LogP contribution in [0.2, 0.25) is 5.02 Å². The van der Waals surface area contributed by atoms with Gasteiger partial charge in [0.15, 0.2) is 0 Å². The van der Waals surface area contributed by atoms with Gasteiger partial charge in [-0.15, -0.1) is 11.3 Å². The van der Waals surface area contributed by atoms with Crippen molar-refractivity contribution in [2.45, 2.75) is 13.8 Å². The zero-order valence-corrected chi connectivity index (χ0v) is 18.1. The molecule has 0 bridgehead atoms. The molecule has 1 heterocycles. The van der Waals surface area contributed by atoms with E-state index in [-0.39, 0.29) is 40.2 Å². The number of ether oxygens (including phenoxy) is 1. The third kappa shape index (κ3) is 5.28. The van der Waals surface area contributed by atoms with Crippen LogP contribution in [0.5, 0.6) is 0 Å². The van der Waals surface area contributed by atoms with E-state index in [9.17, 15) is 19.2 Å². The second-order valence-corrected chi connectivity index (χ2v) is 7.45. The van der Waals surface area contributed by atoms with E-state index in [2.05, 4.69) is 16.0 Å². The van der Waals surface area contributed by atoms with Gasteiger partial charge in [-0.05, 0) is 37.6 Å². The van der Waals surface area contributed by atoms with Crippen LogP contribution < -0.4 is 21.7 Å². The van der Waals surface area contributed by atoms with Crippen molar-refractivity contribution in [3.63, 3.8) is 0 Å². The monoisotopic (exact) mass is 452 g/mol. The number of primary amides is 1. The second-order valence-electron chi connectivity index (χ2n) is 6.02. The van der Waals surface area contributed by atoms with Crippen LogP contribution in [0.4, 0.5) is 10.7 Å². The van der Waals surface area contributed by atoms with Gasteiger partial charge < -0.3 is 26.4 Å². The Morgan fingerprint density at radius 1 is 1.23 bits per heavy atom. The summed E-state index contributed by atoms with van der Waals surface area (Å²) in [6, 6.07) is 4.47. The lowest BCUT2D eigenvalue weighted by molar-refractivity contribution is -0.114. The average molecular weight is 453 g/mol. The molecule has 160 valence electrons. The number of carbonyl (C=O) groups is 4. The molecule has 1 aromatic carbocycles. The standard InChI is InChI=1S/C19H21ClN4O5S/c1-4-29-19(28)14-9(2)15(17(27)22-3)30-18(14)24-13(25)8-23-10-5-6-11(16(21)26)12(20)7-10/h5-7,23H,4,8H2,1-3H3,(H2,21,26)(H,22,27)(H,24,25). The number of amides is 3. The van der Waals surface area contributed by atoms with E-state index in [1.54, 1.807) is 19.9 Å². The second kappa shape index (κ2) is 10.1. The number of nitrogens with two attached hydrogens (primary N) is 1. The number of nitrogens with one attached hydrogen (secondary N) is 3. The first-order valence-electron chi connectivity index (χ1n) is 8.85. The highest BCUT2D eigenvalue weighted by atomic mass is 35.5. The van der Waals surface area contributed by atoms with Crippen LogP contribution in [0.1, 0.15) is 42.9 Å². The van der Waals surface area contributed by atoms with Crippen molar-refractivity contribution in [3.8, 4) is 0 Å². The van der Waals surface area contributed by atoms with Crippen LogP contribution in [0.3, 0.4) is 0 Å². The van der Waals surface area contributed by atoms with Gasteiger partial charge >= 0.3 is 5.97 Å². The van der Waals surface area contributed by atoms with E-state index >= 15 is 0 Å².